The highest BCUT2D eigenvalue weighted by Gasteiger charge is 2.07. The Morgan fingerprint density at radius 1 is 1.44 bits per heavy atom. The SMILES string of the molecule is CC.COc1cccc(N/C=C(\C=O)[N+](=O)[O-])c1. The van der Waals surface area contributed by atoms with Gasteiger partial charge in [0.25, 0.3) is 0 Å². The summed E-state index contributed by atoms with van der Waals surface area (Å²) < 4.78 is 4.97. The van der Waals surface area contributed by atoms with E-state index in [4.69, 9.17) is 4.74 Å². The number of nitrogens with zero attached hydrogens (tertiary/aromatic N) is 1. The maximum absolute atomic E-state index is 10.3. The molecule has 6 heteroatoms. The Bertz CT molecular complexity index is 430. The molecule has 6 nitrogen and oxygen atoms in total. The summed E-state index contributed by atoms with van der Waals surface area (Å²) in [5, 5.41) is 13.0. The van der Waals surface area contributed by atoms with E-state index in [-0.39, 0.29) is 6.29 Å². The van der Waals surface area contributed by atoms with Gasteiger partial charge in [-0.15, -0.1) is 0 Å². The number of methoxy groups -OCH3 is 1. The molecule has 0 fully saturated rings. The standard InChI is InChI=1S/C10H10N2O4.C2H6/c1-16-10-4-2-3-8(5-10)11-6-9(7-13)12(14)15;1-2/h2-7,11H,1H3;1-2H3/b9-6+;. The zero-order valence-electron chi connectivity index (χ0n) is 10.5. The third kappa shape index (κ3) is 5.11. The van der Waals surface area contributed by atoms with Gasteiger partial charge in [0.15, 0.2) is 0 Å². The number of hydrogen-bond donors (Lipinski definition) is 1. The number of carbonyl (C=O) groups is 1. The van der Waals surface area contributed by atoms with Crippen molar-refractivity contribution in [1.82, 2.24) is 0 Å². The van der Waals surface area contributed by atoms with E-state index in [1.807, 2.05) is 13.8 Å². The molecule has 1 N–H and O–H groups in total. The average molecular weight is 252 g/mol. The van der Waals surface area contributed by atoms with Crippen LogP contribution in [0.4, 0.5) is 5.69 Å². The molecule has 0 aliphatic carbocycles. The van der Waals surface area contributed by atoms with E-state index in [1.54, 1.807) is 24.3 Å². The first-order chi connectivity index (χ1) is 8.67. The van der Waals surface area contributed by atoms with Crippen molar-refractivity contribution in [3.63, 3.8) is 0 Å². The number of rotatable bonds is 5. The number of carbonyl (C=O) groups excluding carboxylic acids is 1. The summed E-state index contributed by atoms with van der Waals surface area (Å²) in [4.78, 5) is 19.9. The highest BCUT2D eigenvalue weighted by atomic mass is 16.6. The van der Waals surface area contributed by atoms with Crippen LogP contribution >= 0.6 is 0 Å². The number of nitrogens with one attached hydrogen (secondary N) is 1. The summed E-state index contributed by atoms with van der Waals surface area (Å²) in [5.74, 6) is 0.618. The minimum Gasteiger partial charge on any atom is -0.497 e. The molecular formula is C12H16N2O4. The Hall–Kier alpha value is -2.37. The minimum absolute atomic E-state index is 0.174. The quantitative estimate of drug-likeness (QED) is 0.377. The number of aldehydes is 1. The first-order valence-electron chi connectivity index (χ1n) is 5.37. The molecule has 0 spiro atoms. The second-order valence-electron chi connectivity index (χ2n) is 2.82. The van der Waals surface area contributed by atoms with Gasteiger partial charge in [-0.05, 0) is 12.1 Å². The molecule has 1 aromatic carbocycles. The first kappa shape index (κ1) is 15.6. The summed E-state index contributed by atoms with van der Waals surface area (Å²) in [7, 11) is 1.52. The van der Waals surface area contributed by atoms with Crippen LogP contribution in [0.2, 0.25) is 0 Å². The number of benzene rings is 1. The van der Waals surface area contributed by atoms with Gasteiger partial charge in [0.05, 0.1) is 18.2 Å². The van der Waals surface area contributed by atoms with Gasteiger partial charge in [-0.1, -0.05) is 19.9 Å². The van der Waals surface area contributed by atoms with Gasteiger partial charge in [0.1, 0.15) is 5.75 Å². The van der Waals surface area contributed by atoms with Crippen LogP contribution in [0.25, 0.3) is 0 Å². The second kappa shape index (κ2) is 8.74. The van der Waals surface area contributed by atoms with Gasteiger partial charge in [0.2, 0.25) is 6.29 Å². The molecule has 18 heavy (non-hydrogen) atoms. The molecular weight excluding hydrogens is 236 g/mol. The summed E-state index contributed by atoms with van der Waals surface area (Å²) in [6.07, 6.45) is 1.20. The van der Waals surface area contributed by atoms with Gasteiger partial charge >= 0.3 is 5.70 Å². The number of nitro groups is 1. The van der Waals surface area contributed by atoms with Crippen LogP contribution in [-0.2, 0) is 4.79 Å². The lowest BCUT2D eigenvalue weighted by Crippen LogP contribution is -2.02. The fourth-order valence-electron chi connectivity index (χ4n) is 1.000. The monoisotopic (exact) mass is 252 g/mol. The number of allylic oxidation sites excluding steroid dienone is 1. The predicted molar refractivity (Wildman–Crippen MR) is 69.1 cm³/mol. The molecule has 0 atom stereocenters. The van der Waals surface area contributed by atoms with Crippen molar-refractivity contribution in [3.05, 3.63) is 46.3 Å². The van der Waals surface area contributed by atoms with Crippen LogP contribution in [0.3, 0.4) is 0 Å². The molecule has 1 rings (SSSR count). The summed E-state index contributed by atoms with van der Waals surface area (Å²) in [5.41, 5.74) is 0.0587. The summed E-state index contributed by atoms with van der Waals surface area (Å²) in [6, 6.07) is 6.81. The van der Waals surface area contributed by atoms with E-state index in [0.717, 1.165) is 6.20 Å². The molecule has 0 aliphatic rings. The topological polar surface area (TPSA) is 81.5 Å². The molecule has 98 valence electrons. The molecule has 0 aliphatic heterocycles. The highest BCUT2D eigenvalue weighted by Crippen LogP contribution is 2.16. The van der Waals surface area contributed by atoms with Crippen LogP contribution < -0.4 is 10.1 Å². The highest BCUT2D eigenvalue weighted by molar-refractivity contribution is 5.70. The zero-order chi connectivity index (χ0) is 14.0. The molecule has 0 amide bonds. The van der Waals surface area contributed by atoms with Crippen molar-refractivity contribution < 1.29 is 14.5 Å². The van der Waals surface area contributed by atoms with E-state index in [1.165, 1.54) is 7.11 Å². The molecule has 0 aromatic heterocycles. The van der Waals surface area contributed by atoms with Crippen molar-refractivity contribution in [2.45, 2.75) is 13.8 Å². The lowest BCUT2D eigenvalue weighted by Gasteiger charge is -2.03. The van der Waals surface area contributed by atoms with Gasteiger partial charge in [-0.3, -0.25) is 14.9 Å². The van der Waals surface area contributed by atoms with E-state index >= 15 is 0 Å². The largest absolute Gasteiger partial charge is 0.497 e. The van der Waals surface area contributed by atoms with E-state index in [0.29, 0.717) is 11.4 Å². The van der Waals surface area contributed by atoms with Crippen molar-refractivity contribution in [1.29, 1.82) is 0 Å². The Labute approximate surface area is 105 Å². The van der Waals surface area contributed by atoms with Crippen molar-refractivity contribution in [2.75, 3.05) is 12.4 Å². The van der Waals surface area contributed by atoms with Gasteiger partial charge in [-0.2, -0.15) is 0 Å². The fraction of sp³-hybridized carbons (Fsp3) is 0.250. The number of anilines is 1. The van der Waals surface area contributed by atoms with Crippen LogP contribution in [0.15, 0.2) is 36.2 Å². The van der Waals surface area contributed by atoms with Crippen LogP contribution in [-0.4, -0.2) is 18.3 Å². The Balaban J connectivity index is 0.00000137. The molecule has 1 aromatic rings. The maximum Gasteiger partial charge on any atom is 0.324 e. The third-order valence-electron chi connectivity index (χ3n) is 1.79. The molecule has 0 heterocycles. The smallest absolute Gasteiger partial charge is 0.324 e. The number of hydrogen-bond acceptors (Lipinski definition) is 5. The van der Waals surface area contributed by atoms with Gasteiger partial charge in [-0.25, -0.2) is 0 Å². The van der Waals surface area contributed by atoms with Gasteiger partial charge < -0.3 is 10.1 Å². The van der Waals surface area contributed by atoms with Gasteiger partial charge in [0, 0.05) is 11.8 Å². The molecule has 0 saturated carbocycles. The summed E-state index contributed by atoms with van der Waals surface area (Å²) >= 11 is 0. The first-order valence-corrected chi connectivity index (χ1v) is 5.37. The predicted octanol–water partition coefficient (Wildman–Crippen LogP) is 2.45. The average Bonchev–Trinajstić information content (AvgIpc) is 2.41. The zero-order valence-corrected chi connectivity index (χ0v) is 10.5. The lowest BCUT2D eigenvalue weighted by atomic mass is 10.3. The molecule has 0 unspecified atom stereocenters. The third-order valence-corrected chi connectivity index (χ3v) is 1.79. The van der Waals surface area contributed by atoms with Crippen LogP contribution in [0.5, 0.6) is 5.75 Å². The minimum atomic E-state index is -0.764. The Morgan fingerprint density at radius 3 is 2.61 bits per heavy atom. The lowest BCUT2D eigenvalue weighted by molar-refractivity contribution is -0.417. The van der Waals surface area contributed by atoms with E-state index < -0.39 is 10.6 Å². The van der Waals surface area contributed by atoms with Crippen molar-refractivity contribution >= 4 is 12.0 Å². The van der Waals surface area contributed by atoms with Crippen LogP contribution in [0.1, 0.15) is 13.8 Å². The fourth-order valence-corrected chi connectivity index (χ4v) is 1.000. The molecule has 0 bridgehead atoms. The van der Waals surface area contributed by atoms with E-state index in [2.05, 4.69) is 5.32 Å². The van der Waals surface area contributed by atoms with E-state index in [9.17, 15) is 14.9 Å². The van der Waals surface area contributed by atoms with Crippen molar-refractivity contribution in [3.8, 4) is 5.75 Å². The Kier molecular flexibility index (Phi) is 7.59. The molecule has 0 saturated heterocycles. The second-order valence-corrected chi connectivity index (χ2v) is 2.82. The normalized spacial score (nSPS) is 9.83. The van der Waals surface area contributed by atoms with Crippen LogP contribution in [0, 0.1) is 10.1 Å². The Morgan fingerprint density at radius 2 is 2.11 bits per heavy atom. The maximum atomic E-state index is 10.3. The number of ether oxygens (including phenoxy) is 1. The summed E-state index contributed by atoms with van der Waals surface area (Å²) in [6.45, 7) is 4.00. The molecule has 0 radical (unpaired) electrons. The van der Waals surface area contributed by atoms with Crippen molar-refractivity contribution in [2.24, 2.45) is 0 Å².